The summed E-state index contributed by atoms with van der Waals surface area (Å²) in [6.07, 6.45) is 2.14. The second kappa shape index (κ2) is 8.14. The molecule has 3 rings (SSSR count). The topological polar surface area (TPSA) is 87.7 Å². The van der Waals surface area contributed by atoms with Crippen LogP contribution < -0.4 is 0 Å². The average Bonchev–Trinajstić information content (AvgIpc) is 3.28. The van der Waals surface area contributed by atoms with E-state index in [1.807, 2.05) is 0 Å². The highest BCUT2D eigenvalue weighted by atomic mass is 19.1. The quantitative estimate of drug-likeness (QED) is 0.432. The summed E-state index contributed by atoms with van der Waals surface area (Å²) in [7, 11) is 1.25. The Balaban J connectivity index is 1.97. The number of Topliss-reactive ketones (excluding diaryl/α,β-unsaturated/α-hetero) is 1. The van der Waals surface area contributed by atoms with Crippen molar-refractivity contribution < 1.29 is 32.7 Å². The zero-order chi connectivity index (χ0) is 22.1. The van der Waals surface area contributed by atoms with E-state index in [4.69, 9.17) is 9.15 Å². The Morgan fingerprint density at radius 1 is 1.13 bits per heavy atom. The molecular weight excluding hydrogens is 393 g/mol. The van der Waals surface area contributed by atoms with Gasteiger partial charge in [-0.1, -0.05) is 0 Å². The summed E-state index contributed by atoms with van der Waals surface area (Å²) in [4.78, 5) is 36.1. The smallest absolute Gasteiger partial charge is 0.419 e. The molecule has 1 aromatic carbocycles. The predicted octanol–water partition coefficient (Wildman–Crippen LogP) is 4.96. The number of ether oxygens (including phenoxy) is 2. The van der Waals surface area contributed by atoms with Gasteiger partial charge in [-0.25, -0.2) is 9.18 Å². The van der Waals surface area contributed by atoms with Gasteiger partial charge in [0.1, 0.15) is 11.4 Å². The van der Waals surface area contributed by atoms with Gasteiger partial charge in [0.2, 0.25) is 0 Å². The molecule has 0 atom stereocenters. The summed E-state index contributed by atoms with van der Waals surface area (Å²) in [5.74, 6) is -1.27. The first kappa shape index (κ1) is 21.3. The number of fused-ring (bicyclic) bond motifs is 1. The van der Waals surface area contributed by atoms with Crippen LogP contribution in [0.5, 0.6) is 0 Å². The number of carbonyl (C=O) groups excluding carboxylic acids is 3. The van der Waals surface area contributed by atoms with Crippen LogP contribution in [0.15, 0.2) is 41.1 Å². The van der Waals surface area contributed by atoms with Crippen LogP contribution in [0.25, 0.3) is 22.0 Å². The monoisotopic (exact) mass is 415 g/mol. The van der Waals surface area contributed by atoms with Crippen LogP contribution in [0, 0.1) is 5.82 Å². The van der Waals surface area contributed by atoms with Gasteiger partial charge in [-0.15, -0.1) is 0 Å². The first-order valence-corrected chi connectivity index (χ1v) is 9.32. The predicted molar refractivity (Wildman–Crippen MR) is 107 cm³/mol. The van der Waals surface area contributed by atoms with E-state index in [-0.39, 0.29) is 24.4 Å². The van der Waals surface area contributed by atoms with E-state index in [2.05, 4.69) is 4.74 Å². The first-order valence-electron chi connectivity index (χ1n) is 9.32. The number of aromatic nitrogens is 1. The molecule has 0 bridgehead atoms. The lowest BCUT2D eigenvalue weighted by molar-refractivity contribution is -0.140. The lowest BCUT2D eigenvalue weighted by Gasteiger charge is -2.19. The number of hydrogen-bond donors (Lipinski definition) is 0. The summed E-state index contributed by atoms with van der Waals surface area (Å²) in [5, 5.41) is 0.468. The third-order valence-corrected chi connectivity index (χ3v) is 4.33. The van der Waals surface area contributed by atoms with E-state index in [0.717, 1.165) is 0 Å². The molecule has 0 saturated heterocycles. The minimum absolute atomic E-state index is 0.0588. The average molecular weight is 415 g/mol. The van der Waals surface area contributed by atoms with Crippen molar-refractivity contribution in [2.45, 2.75) is 39.2 Å². The fraction of sp³-hybridized carbons (Fsp3) is 0.318. The van der Waals surface area contributed by atoms with Crippen molar-refractivity contribution in [2.75, 3.05) is 7.11 Å². The molecule has 0 radical (unpaired) electrons. The molecule has 7 nitrogen and oxygen atoms in total. The Hall–Kier alpha value is -3.42. The van der Waals surface area contributed by atoms with Crippen molar-refractivity contribution in [1.82, 2.24) is 4.57 Å². The molecule has 2 heterocycles. The molecule has 2 aromatic heterocycles. The minimum Gasteiger partial charge on any atom is -0.469 e. The number of benzene rings is 1. The van der Waals surface area contributed by atoms with Crippen LogP contribution >= 0.6 is 0 Å². The molecule has 0 fully saturated rings. The summed E-state index contributed by atoms with van der Waals surface area (Å²) in [6.45, 7) is 5.25. The van der Waals surface area contributed by atoms with Gasteiger partial charge in [0.15, 0.2) is 11.5 Å². The van der Waals surface area contributed by atoms with Crippen molar-refractivity contribution >= 4 is 28.7 Å². The fourth-order valence-corrected chi connectivity index (χ4v) is 2.96. The Morgan fingerprint density at radius 2 is 1.87 bits per heavy atom. The van der Waals surface area contributed by atoms with Gasteiger partial charge in [0, 0.05) is 29.1 Å². The molecule has 30 heavy (non-hydrogen) atoms. The number of nitrogens with zero attached hydrogens (tertiary/aromatic N) is 1. The van der Waals surface area contributed by atoms with Crippen LogP contribution in [-0.4, -0.2) is 35.1 Å². The van der Waals surface area contributed by atoms with Crippen molar-refractivity contribution in [3.05, 3.63) is 48.3 Å². The van der Waals surface area contributed by atoms with Gasteiger partial charge in [0.25, 0.3) is 0 Å². The highest BCUT2D eigenvalue weighted by molar-refractivity contribution is 6.02. The van der Waals surface area contributed by atoms with E-state index < -0.39 is 23.5 Å². The third-order valence-electron chi connectivity index (χ3n) is 4.33. The third kappa shape index (κ3) is 4.59. The maximum absolute atomic E-state index is 13.9. The number of hydrogen-bond acceptors (Lipinski definition) is 6. The molecular formula is C22H22FNO6. The van der Waals surface area contributed by atoms with Crippen LogP contribution in [0.4, 0.5) is 9.18 Å². The SMILES string of the molecule is COC(=O)CCC(=O)c1cc(-c2cn(C(=O)OC(C)(C)C)c3ccc(F)cc23)co1. The van der Waals surface area contributed by atoms with E-state index in [0.29, 0.717) is 22.0 Å². The second-order valence-electron chi connectivity index (χ2n) is 7.75. The van der Waals surface area contributed by atoms with E-state index in [9.17, 15) is 18.8 Å². The number of esters is 1. The Bertz CT molecular complexity index is 1120. The highest BCUT2D eigenvalue weighted by Crippen LogP contribution is 2.33. The number of methoxy groups -OCH3 is 1. The van der Waals surface area contributed by atoms with Crippen molar-refractivity contribution in [2.24, 2.45) is 0 Å². The zero-order valence-electron chi connectivity index (χ0n) is 17.2. The normalized spacial score (nSPS) is 11.5. The molecule has 0 aliphatic rings. The first-order chi connectivity index (χ1) is 14.1. The maximum Gasteiger partial charge on any atom is 0.419 e. The molecule has 8 heteroatoms. The Labute approximate surface area is 172 Å². The highest BCUT2D eigenvalue weighted by Gasteiger charge is 2.23. The van der Waals surface area contributed by atoms with Gasteiger partial charge >= 0.3 is 12.1 Å². The summed E-state index contributed by atoms with van der Waals surface area (Å²) >= 11 is 0. The number of halogens is 1. The minimum atomic E-state index is -0.706. The molecule has 0 N–H and O–H groups in total. The molecule has 0 spiro atoms. The number of furan rings is 1. The second-order valence-corrected chi connectivity index (χ2v) is 7.75. The van der Waals surface area contributed by atoms with Crippen LogP contribution in [0.2, 0.25) is 0 Å². The van der Waals surface area contributed by atoms with E-state index in [1.54, 1.807) is 20.8 Å². The van der Waals surface area contributed by atoms with E-state index >= 15 is 0 Å². The zero-order valence-corrected chi connectivity index (χ0v) is 17.2. The molecule has 0 unspecified atom stereocenters. The summed E-state index contributed by atoms with van der Waals surface area (Å²) in [6, 6.07) is 5.54. The molecule has 0 saturated carbocycles. The van der Waals surface area contributed by atoms with Gasteiger partial charge < -0.3 is 13.9 Å². The summed E-state index contributed by atoms with van der Waals surface area (Å²) < 4.78 is 30.5. The van der Waals surface area contributed by atoms with Crippen LogP contribution in [0.3, 0.4) is 0 Å². The molecule has 3 aromatic rings. The van der Waals surface area contributed by atoms with Crippen LogP contribution in [-0.2, 0) is 14.3 Å². The van der Waals surface area contributed by atoms with Gasteiger partial charge in [-0.3, -0.25) is 14.2 Å². The molecule has 0 aliphatic heterocycles. The standard InChI is InChI=1S/C22H22FNO6/c1-22(2,3)30-21(27)24-11-16(15-10-14(23)5-6-17(15)24)13-9-19(29-12-13)18(25)7-8-20(26)28-4/h5-6,9-12H,7-8H2,1-4H3. The lowest BCUT2D eigenvalue weighted by Crippen LogP contribution is -2.26. The Kier molecular flexibility index (Phi) is 5.78. The molecule has 0 aliphatic carbocycles. The van der Waals surface area contributed by atoms with Gasteiger partial charge in [-0.2, -0.15) is 0 Å². The molecule has 0 amide bonds. The van der Waals surface area contributed by atoms with Gasteiger partial charge in [-0.05, 0) is 45.0 Å². The van der Waals surface area contributed by atoms with Crippen LogP contribution in [0.1, 0.15) is 44.2 Å². The largest absolute Gasteiger partial charge is 0.469 e. The number of ketones is 1. The maximum atomic E-state index is 13.9. The number of carbonyl (C=O) groups is 3. The van der Waals surface area contributed by atoms with Gasteiger partial charge in [0.05, 0.1) is 25.3 Å². The van der Waals surface area contributed by atoms with Crippen molar-refractivity contribution in [3.63, 3.8) is 0 Å². The number of rotatable bonds is 5. The summed E-state index contributed by atoms with van der Waals surface area (Å²) in [5.41, 5.74) is 0.754. The lowest BCUT2D eigenvalue weighted by atomic mass is 10.1. The van der Waals surface area contributed by atoms with Crippen molar-refractivity contribution in [3.8, 4) is 11.1 Å². The molecule has 158 valence electrons. The Morgan fingerprint density at radius 3 is 2.53 bits per heavy atom. The fourth-order valence-electron chi connectivity index (χ4n) is 2.96. The van der Waals surface area contributed by atoms with E-state index in [1.165, 1.54) is 48.4 Å². The van der Waals surface area contributed by atoms with Crippen molar-refractivity contribution in [1.29, 1.82) is 0 Å².